The van der Waals surface area contributed by atoms with E-state index < -0.39 is 0 Å². The number of rotatable bonds is 1. The van der Waals surface area contributed by atoms with E-state index in [2.05, 4.69) is 27.7 Å². The first-order chi connectivity index (χ1) is 11.3. The summed E-state index contributed by atoms with van der Waals surface area (Å²) in [6.07, 6.45) is 9.12. The Kier molecular flexibility index (Phi) is 4.12. The van der Waals surface area contributed by atoms with Crippen molar-refractivity contribution >= 4 is 0 Å². The van der Waals surface area contributed by atoms with Gasteiger partial charge in [0.15, 0.2) is 0 Å². The number of hydrogen-bond donors (Lipinski definition) is 2. The lowest BCUT2D eigenvalue weighted by Crippen LogP contribution is -2.58. The molecule has 0 aromatic carbocycles. The van der Waals surface area contributed by atoms with Crippen LogP contribution in [0, 0.1) is 46.3 Å². The zero-order valence-corrected chi connectivity index (χ0v) is 16.2. The average molecular weight is 335 g/mol. The van der Waals surface area contributed by atoms with Crippen LogP contribution in [0.1, 0.15) is 79.1 Å². The summed E-state index contributed by atoms with van der Waals surface area (Å²) < 4.78 is 0. The summed E-state index contributed by atoms with van der Waals surface area (Å²) in [5, 5.41) is 21.3. The molecule has 2 nitrogen and oxygen atoms in total. The number of aliphatic hydroxyl groups excluding tert-OH is 2. The van der Waals surface area contributed by atoms with Crippen LogP contribution in [0.25, 0.3) is 0 Å². The van der Waals surface area contributed by atoms with Gasteiger partial charge in [-0.15, -0.1) is 0 Å². The third-order valence-corrected chi connectivity index (χ3v) is 9.53. The highest BCUT2D eigenvalue weighted by Crippen LogP contribution is 2.68. The maximum Gasteiger partial charge on any atom is 0.0577 e. The molecule has 4 fully saturated rings. The van der Waals surface area contributed by atoms with Gasteiger partial charge in [0.1, 0.15) is 0 Å². The predicted octanol–water partition coefficient (Wildman–Crippen LogP) is 4.63. The molecule has 0 spiro atoms. The SMILES string of the molecule is CC(C)C1CC[C@H]2C3[C@H](O)CC4C[C@H](O)CCC4(C)[C@H]3CCC12C. The van der Waals surface area contributed by atoms with E-state index in [1.165, 1.54) is 32.1 Å². The average Bonchev–Trinajstić information content (AvgIpc) is 2.86. The van der Waals surface area contributed by atoms with E-state index >= 15 is 0 Å². The minimum absolute atomic E-state index is 0.127. The van der Waals surface area contributed by atoms with Gasteiger partial charge < -0.3 is 10.2 Å². The van der Waals surface area contributed by atoms with Crippen LogP contribution in [-0.2, 0) is 0 Å². The molecule has 4 aliphatic rings. The molecule has 2 N–H and O–H groups in total. The molecule has 4 rings (SSSR count). The Balaban J connectivity index is 1.65. The first kappa shape index (κ1) is 17.3. The zero-order valence-electron chi connectivity index (χ0n) is 16.2. The summed E-state index contributed by atoms with van der Waals surface area (Å²) in [5.41, 5.74) is 0.814. The lowest BCUT2D eigenvalue weighted by Gasteiger charge is -2.62. The van der Waals surface area contributed by atoms with E-state index in [4.69, 9.17) is 0 Å². The molecule has 0 aromatic rings. The summed E-state index contributed by atoms with van der Waals surface area (Å²) >= 11 is 0. The molecule has 0 aromatic heterocycles. The van der Waals surface area contributed by atoms with Crippen molar-refractivity contribution in [2.24, 2.45) is 46.3 Å². The topological polar surface area (TPSA) is 40.5 Å². The highest BCUT2D eigenvalue weighted by atomic mass is 16.3. The molecule has 24 heavy (non-hydrogen) atoms. The number of hydrogen-bond acceptors (Lipinski definition) is 2. The fourth-order valence-electron chi connectivity index (χ4n) is 8.34. The van der Waals surface area contributed by atoms with Gasteiger partial charge in [0, 0.05) is 0 Å². The van der Waals surface area contributed by atoms with Crippen LogP contribution in [-0.4, -0.2) is 22.4 Å². The van der Waals surface area contributed by atoms with Crippen LogP contribution >= 0.6 is 0 Å². The molecule has 0 aliphatic heterocycles. The van der Waals surface area contributed by atoms with Gasteiger partial charge in [0.2, 0.25) is 0 Å². The molecule has 138 valence electrons. The maximum atomic E-state index is 11.1. The van der Waals surface area contributed by atoms with Crippen molar-refractivity contribution in [1.29, 1.82) is 0 Å². The van der Waals surface area contributed by atoms with Crippen molar-refractivity contribution in [2.75, 3.05) is 0 Å². The second kappa shape index (κ2) is 5.71. The normalized spacial score (nSPS) is 57.4. The van der Waals surface area contributed by atoms with Crippen LogP contribution in [0.2, 0.25) is 0 Å². The molecule has 0 radical (unpaired) electrons. The van der Waals surface area contributed by atoms with Crippen LogP contribution in [0.5, 0.6) is 0 Å². The Labute approximate surface area is 148 Å². The number of aliphatic hydroxyl groups is 2. The second-order valence-corrected chi connectivity index (χ2v) is 10.7. The highest BCUT2D eigenvalue weighted by molar-refractivity contribution is 5.11. The molecule has 9 atom stereocenters. The Morgan fingerprint density at radius 2 is 1.50 bits per heavy atom. The molecule has 0 heterocycles. The standard InChI is InChI=1S/C22H38O2/c1-13(2)16-5-6-17-20-18(8-10-22(16,17)4)21(3)9-7-15(23)11-14(21)12-19(20)24/h13-20,23-24H,5-12H2,1-4H3/t14?,15-,16?,17+,18+,19-,20?,21?,22?/m1/s1. The first-order valence-electron chi connectivity index (χ1n) is 10.6. The third-order valence-electron chi connectivity index (χ3n) is 9.53. The minimum Gasteiger partial charge on any atom is -0.393 e. The minimum atomic E-state index is -0.131. The first-order valence-corrected chi connectivity index (χ1v) is 10.6. The van der Waals surface area contributed by atoms with Crippen molar-refractivity contribution in [3.05, 3.63) is 0 Å². The molecule has 0 saturated heterocycles. The Morgan fingerprint density at radius 3 is 2.21 bits per heavy atom. The van der Waals surface area contributed by atoms with E-state index in [0.717, 1.165) is 37.0 Å². The quantitative estimate of drug-likeness (QED) is 0.734. The van der Waals surface area contributed by atoms with E-state index in [1.54, 1.807) is 0 Å². The van der Waals surface area contributed by atoms with E-state index in [0.29, 0.717) is 28.6 Å². The number of fused-ring (bicyclic) bond motifs is 5. The smallest absolute Gasteiger partial charge is 0.0577 e. The Hall–Kier alpha value is -0.0800. The fourth-order valence-corrected chi connectivity index (χ4v) is 8.34. The third kappa shape index (κ3) is 2.28. The fraction of sp³-hybridized carbons (Fsp3) is 1.00. The Bertz CT molecular complexity index is 488. The van der Waals surface area contributed by atoms with Crippen LogP contribution in [0.3, 0.4) is 0 Å². The summed E-state index contributed by atoms with van der Waals surface area (Å²) in [4.78, 5) is 0. The summed E-state index contributed by atoms with van der Waals surface area (Å²) in [7, 11) is 0. The van der Waals surface area contributed by atoms with Gasteiger partial charge >= 0.3 is 0 Å². The van der Waals surface area contributed by atoms with Crippen molar-refractivity contribution < 1.29 is 10.2 Å². The largest absolute Gasteiger partial charge is 0.393 e. The predicted molar refractivity (Wildman–Crippen MR) is 97.5 cm³/mol. The van der Waals surface area contributed by atoms with Gasteiger partial charge in [0.05, 0.1) is 12.2 Å². The van der Waals surface area contributed by atoms with Crippen LogP contribution in [0.15, 0.2) is 0 Å². The van der Waals surface area contributed by atoms with E-state index in [1.807, 2.05) is 0 Å². The molecule has 2 heteroatoms. The molecule has 4 aliphatic carbocycles. The van der Waals surface area contributed by atoms with Crippen LogP contribution < -0.4 is 0 Å². The lowest BCUT2D eigenvalue weighted by molar-refractivity contribution is -0.174. The van der Waals surface area contributed by atoms with E-state index in [9.17, 15) is 10.2 Å². The molecule has 5 unspecified atom stereocenters. The lowest BCUT2D eigenvalue weighted by atomic mass is 9.43. The summed E-state index contributed by atoms with van der Waals surface area (Å²) in [6.45, 7) is 9.87. The molecular formula is C22H38O2. The van der Waals surface area contributed by atoms with Gasteiger partial charge in [-0.05, 0) is 97.7 Å². The second-order valence-electron chi connectivity index (χ2n) is 10.7. The van der Waals surface area contributed by atoms with Crippen molar-refractivity contribution in [1.82, 2.24) is 0 Å². The van der Waals surface area contributed by atoms with Crippen molar-refractivity contribution in [3.8, 4) is 0 Å². The van der Waals surface area contributed by atoms with Gasteiger partial charge in [-0.1, -0.05) is 27.7 Å². The molecule has 0 bridgehead atoms. The van der Waals surface area contributed by atoms with Crippen molar-refractivity contribution in [3.63, 3.8) is 0 Å². The van der Waals surface area contributed by atoms with Crippen molar-refractivity contribution in [2.45, 2.75) is 91.3 Å². The van der Waals surface area contributed by atoms with E-state index in [-0.39, 0.29) is 12.2 Å². The van der Waals surface area contributed by atoms with Gasteiger partial charge in [-0.3, -0.25) is 0 Å². The monoisotopic (exact) mass is 334 g/mol. The molecule has 0 amide bonds. The summed E-state index contributed by atoms with van der Waals surface area (Å²) in [6, 6.07) is 0. The molecule has 4 saturated carbocycles. The molecular weight excluding hydrogens is 296 g/mol. The highest BCUT2D eigenvalue weighted by Gasteiger charge is 2.62. The van der Waals surface area contributed by atoms with Gasteiger partial charge in [0.25, 0.3) is 0 Å². The van der Waals surface area contributed by atoms with Gasteiger partial charge in [-0.25, -0.2) is 0 Å². The maximum absolute atomic E-state index is 11.1. The Morgan fingerprint density at radius 1 is 0.833 bits per heavy atom. The summed E-state index contributed by atoms with van der Waals surface area (Å²) in [5.74, 6) is 4.07. The van der Waals surface area contributed by atoms with Crippen LogP contribution in [0.4, 0.5) is 0 Å². The van der Waals surface area contributed by atoms with Gasteiger partial charge in [-0.2, -0.15) is 0 Å². The zero-order chi connectivity index (χ0) is 17.3.